The lowest BCUT2D eigenvalue weighted by molar-refractivity contribution is -0.384. The number of rotatable bonds is 5. The number of hydrazine groups is 1. The van der Waals surface area contributed by atoms with Gasteiger partial charge in [-0.3, -0.25) is 20.9 Å². The summed E-state index contributed by atoms with van der Waals surface area (Å²) in [6.45, 7) is 2.15. The van der Waals surface area contributed by atoms with Crippen molar-refractivity contribution in [2.45, 2.75) is 12.6 Å². The first-order valence-corrected chi connectivity index (χ1v) is 6.33. The van der Waals surface area contributed by atoms with Crippen LogP contribution >= 0.6 is 0 Å². The molecule has 110 valence electrons. The zero-order chi connectivity index (χ0) is 14.5. The van der Waals surface area contributed by atoms with Crippen LogP contribution in [0.4, 0.5) is 11.4 Å². The number of aliphatic hydroxyl groups is 1. The SMILES string of the molecule is NNc1c(CN2CCOCC2CO)cccc1[N+](=O)[O-]. The van der Waals surface area contributed by atoms with Gasteiger partial charge in [0.1, 0.15) is 5.69 Å². The Kier molecular flexibility index (Phi) is 4.85. The van der Waals surface area contributed by atoms with Gasteiger partial charge < -0.3 is 15.3 Å². The summed E-state index contributed by atoms with van der Waals surface area (Å²) >= 11 is 0. The number of anilines is 1. The van der Waals surface area contributed by atoms with E-state index in [1.807, 2.05) is 4.90 Å². The summed E-state index contributed by atoms with van der Waals surface area (Å²) in [7, 11) is 0. The second-order valence-corrected chi connectivity index (χ2v) is 4.59. The number of aliphatic hydroxyl groups excluding tert-OH is 1. The third-order valence-corrected chi connectivity index (χ3v) is 3.40. The van der Waals surface area contributed by atoms with Gasteiger partial charge in [0, 0.05) is 19.2 Å². The quantitative estimate of drug-likeness (QED) is 0.398. The van der Waals surface area contributed by atoms with Gasteiger partial charge in [-0.1, -0.05) is 12.1 Å². The number of hydrogen-bond acceptors (Lipinski definition) is 7. The average molecular weight is 282 g/mol. The Morgan fingerprint density at radius 3 is 3.05 bits per heavy atom. The molecular formula is C12H18N4O4. The molecule has 8 heteroatoms. The first-order chi connectivity index (χ1) is 9.67. The topological polar surface area (TPSA) is 114 Å². The minimum absolute atomic E-state index is 0.0136. The number of ether oxygens (including phenoxy) is 1. The van der Waals surface area contributed by atoms with E-state index in [1.165, 1.54) is 6.07 Å². The van der Waals surface area contributed by atoms with Crippen LogP contribution in [-0.2, 0) is 11.3 Å². The smallest absolute Gasteiger partial charge is 0.293 e. The molecule has 4 N–H and O–H groups in total. The number of nitro benzene ring substituents is 1. The van der Waals surface area contributed by atoms with E-state index in [0.717, 1.165) is 5.56 Å². The average Bonchev–Trinajstić information content (AvgIpc) is 2.47. The van der Waals surface area contributed by atoms with Crippen molar-refractivity contribution in [3.05, 3.63) is 33.9 Å². The van der Waals surface area contributed by atoms with Crippen LogP contribution in [0.2, 0.25) is 0 Å². The minimum Gasteiger partial charge on any atom is -0.395 e. The number of nitrogens with two attached hydrogens (primary N) is 1. The highest BCUT2D eigenvalue weighted by molar-refractivity contribution is 5.65. The van der Waals surface area contributed by atoms with Crippen molar-refractivity contribution < 1.29 is 14.8 Å². The number of hydrogen-bond donors (Lipinski definition) is 3. The fourth-order valence-corrected chi connectivity index (χ4v) is 2.32. The second-order valence-electron chi connectivity index (χ2n) is 4.59. The first kappa shape index (κ1) is 14.7. The van der Waals surface area contributed by atoms with Crippen molar-refractivity contribution in [1.29, 1.82) is 0 Å². The van der Waals surface area contributed by atoms with Gasteiger partial charge in [0.15, 0.2) is 0 Å². The van der Waals surface area contributed by atoms with Crippen molar-refractivity contribution in [2.75, 3.05) is 31.8 Å². The molecule has 0 aliphatic carbocycles. The number of nitrogen functional groups attached to an aromatic ring is 1. The van der Waals surface area contributed by atoms with Gasteiger partial charge in [-0.05, 0) is 5.56 Å². The van der Waals surface area contributed by atoms with Gasteiger partial charge >= 0.3 is 0 Å². The Hall–Kier alpha value is -1.74. The fraction of sp³-hybridized carbons (Fsp3) is 0.500. The molecule has 8 nitrogen and oxygen atoms in total. The van der Waals surface area contributed by atoms with Gasteiger partial charge in [-0.25, -0.2) is 0 Å². The largest absolute Gasteiger partial charge is 0.395 e. The molecule has 1 saturated heterocycles. The first-order valence-electron chi connectivity index (χ1n) is 6.33. The van der Waals surface area contributed by atoms with Crippen molar-refractivity contribution in [2.24, 2.45) is 5.84 Å². The third kappa shape index (κ3) is 3.05. The highest BCUT2D eigenvalue weighted by Gasteiger charge is 2.25. The number of nitrogens with zero attached hydrogens (tertiary/aromatic N) is 2. The summed E-state index contributed by atoms with van der Waals surface area (Å²) in [4.78, 5) is 12.5. The molecular weight excluding hydrogens is 264 g/mol. The summed E-state index contributed by atoms with van der Waals surface area (Å²) in [6.07, 6.45) is 0. The Morgan fingerprint density at radius 1 is 1.60 bits per heavy atom. The van der Waals surface area contributed by atoms with Crippen LogP contribution < -0.4 is 11.3 Å². The van der Waals surface area contributed by atoms with Gasteiger partial charge in [0.2, 0.25) is 0 Å². The highest BCUT2D eigenvalue weighted by atomic mass is 16.6. The Balaban J connectivity index is 2.24. The molecule has 1 aliphatic heterocycles. The summed E-state index contributed by atoms with van der Waals surface area (Å²) in [5.41, 5.74) is 3.38. The van der Waals surface area contributed by atoms with Crippen LogP contribution in [0.25, 0.3) is 0 Å². The number of nitrogens with one attached hydrogen (secondary N) is 1. The molecule has 1 atom stereocenters. The molecule has 1 heterocycles. The van der Waals surface area contributed by atoms with Crippen molar-refractivity contribution >= 4 is 11.4 Å². The van der Waals surface area contributed by atoms with E-state index in [0.29, 0.717) is 32.0 Å². The lowest BCUT2D eigenvalue weighted by Crippen LogP contribution is -2.46. The Morgan fingerprint density at radius 2 is 2.40 bits per heavy atom. The van der Waals surface area contributed by atoms with Gasteiger partial charge in [-0.15, -0.1) is 0 Å². The summed E-state index contributed by atoms with van der Waals surface area (Å²) in [6, 6.07) is 4.71. The monoisotopic (exact) mass is 282 g/mol. The van der Waals surface area contributed by atoms with Crippen LogP contribution in [0.15, 0.2) is 18.2 Å². The molecule has 1 aromatic carbocycles. The summed E-state index contributed by atoms with van der Waals surface area (Å²) < 4.78 is 5.31. The maximum Gasteiger partial charge on any atom is 0.293 e. The zero-order valence-corrected chi connectivity index (χ0v) is 11.0. The number of benzene rings is 1. The highest BCUT2D eigenvalue weighted by Crippen LogP contribution is 2.28. The lowest BCUT2D eigenvalue weighted by atomic mass is 10.1. The maximum atomic E-state index is 11.0. The van der Waals surface area contributed by atoms with Gasteiger partial charge in [0.25, 0.3) is 5.69 Å². The number of morpholine rings is 1. The van der Waals surface area contributed by atoms with Gasteiger partial charge in [0.05, 0.1) is 30.8 Å². The van der Waals surface area contributed by atoms with Crippen molar-refractivity contribution in [3.63, 3.8) is 0 Å². The van der Waals surface area contributed by atoms with E-state index in [1.54, 1.807) is 12.1 Å². The Bertz CT molecular complexity index is 483. The van der Waals surface area contributed by atoms with Crippen LogP contribution in [0.1, 0.15) is 5.56 Å². The normalized spacial score (nSPS) is 19.8. The van der Waals surface area contributed by atoms with Crippen LogP contribution in [0, 0.1) is 10.1 Å². The molecule has 0 saturated carbocycles. The lowest BCUT2D eigenvalue weighted by Gasteiger charge is -2.34. The van der Waals surface area contributed by atoms with Crippen LogP contribution in [0.5, 0.6) is 0 Å². The molecule has 1 fully saturated rings. The molecule has 2 rings (SSSR count). The maximum absolute atomic E-state index is 11.0. The minimum atomic E-state index is -0.471. The summed E-state index contributed by atoms with van der Waals surface area (Å²) in [5, 5.41) is 20.3. The standard InChI is InChI=1S/C12H18N4O4/c13-14-12-9(2-1-3-11(12)16(18)19)6-15-4-5-20-8-10(15)7-17/h1-3,10,14,17H,4-8,13H2. The third-order valence-electron chi connectivity index (χ3n) is 3.40. The van der Waals surface area contributed by atoms with E-state index in [-0.39, 0.29) is 18.3 Å². The predicted molar refractivity (Wildman–Crippen MR) is 73.0 cm³/mol. The van der Waals surface area contributed by atoms with E-state index < -0.39 is 4.92 Å². The predicted octanol–water partition coefficient (Wildman–Crippen LogP) is 0.0735. The fourth-order valence-electron chi connectivity index (χ4n) is 2.32. The molecule has 0 amide bonds. The summed E-state index contributed by atoms with van der Waals surface area (Å²) in [5.74, 6) is 5.41. The molecule has 0 aromatic heterocycles. The van der Waals surface area contributed by atoms with E-state index in [9.17, 15) is 15.2 Å². The second kappa shape index (κ2) is 6.62. The molecule has 0 spiro atoms. The van der Waals surface area contributed by atoms with Gasteiger partial charge in [-0.2, -0.15) is 0 Å². The molecule has 0 bridgehead atoms. The molecule has 20 heavy (non-hydrogen) atoms. The van der Waals surface area contributed by atoms with E-state index >= 15 is 0 Å². The van der Waals surface area contributed by atoms with Crippen molar-refractivity contribution in [3.8, 4) is 0 Å². The molecule has 1 unspecified atom stereocenters. The zero-order valence-electron chi connectivity index (χ0n) is 11.0. The Labute approximate surface area is 116 Å². The molecule has 0 radical (unpaired) electrons. The molecule has 1 aromatic rings. The molecule has 1 aliphatic rings. The van der Waals surface area contributed by atoms with Crippen LogP contribution in [0.3, 0.4) is 0 Å². The number of para-hydroxylation sites is 1. The van der Waals surface area contributed by atoms with Crippen LogP contribution in [-0.4, -0.2) is 47.3 Å². The van der Waals surface area contributed by atoms with Crippen molar-refractivity contribution in [1.82, 2.24) is 4.90 Å². The van der Waals surface area contributed by atoms with E-state index in [2.05, 4.69) is 5.43 Å². The van der Waals surface area contributed by atoms with E-state index in [4.69, 9.17) is 10.6 Å². The number of nitro groups is 1.